The van der Waals surface area contributed by atoms with Crippen LogP contribution in [0.2, 0.25) is 0 Å². The lowest BCUT2D eigenvalue weighted by molar-refractivity contribution is 0.00950. The van der Waals surface area contributed by atoms with Crippen molar-refractivity contribution < 1.29 is 18.3 Å². The van der Waals surface area contributed by atoms with Crippen LogP contribution in [0.15, 0.2) is 18.2 Å². The van der Waals surface area contributed by atoms with Gasteiger partial charge in [-0.15, -0.1) is 0 Å². The van der Waals surface area contributed by atoms with Crippen LogP contribution in [0, 0.1) is 11.6 Å². The molecule has 2 saturated carbocycles. The number of halogens is 2. The van der Waals surface area contributed by atoms with E-state index in [0.29, 0.717) is 0 Å². The molecule has 0 atom stereocenters. The van der Waals surface area contributed by atoms with Crippen LogP contribution in [0.25, 0.3) is 0 Å². The molecule has 4 nitrogen and oxygen atoms in total. The second-order valence-corrected chi connectivity index (χ2v) is 9.56. The number of ether oxygens (including phenoxy) is 1. The third-order valence-electron chi connectivity index (χ3n) is 6.97. The average Bonchev–Trinajstić information content (AvgIpc) is 2.76. The molecule has 0 spiro atoms. The zero-order valence-corrected chi connectivity index (χ0v) is 19.4. The molecule has 1 aromatic carbocycles. The Morgan fingerprint density at radius 3 is 1.75 bits per heavy atom. The molecule has 0 radical (unpaired) electrons. The number of hydrogen-bond acceptors (Lipinski definition) is 2. The van der Waals surface area contributed by atoms with Crippen LogP contribution in [0.3, 0.4) is 0 Å². The summed E-state index contributed by atoms with van der Waals surface area (Å²) in [5.74, 6) is -1.13. The molecule has 0 aliphatic heterocycles. The van der Waals surface area contributed by atoms with E-state index < -0.39 is 11.6 Å². The Labute approximate surface area is 191 Å². The van der Waals surface area contributed by atoms with Gasteiger partial charge in [0.25, 0.3) is 0 Å². The number of carbonyl (C=O) groups excluding carboxylic acids is 1. The number of benzene rings is 1. The van der Waals surface area contributed by atoms with E-state index in [1.165, 1.54) is 76.0 Å². The first-order valence-corrected chi connectivity index (χ1v) is 12.7. The Balaban J connectivity index is 1.35. The molecule has 0 saturated heterocycles. The van der Waals surface area contributed by atoms with Crippen LogP contribution >= 0.6 is 0 Å². The molecule has 2 aliphatic carbocycles. The molecule has 0 unspecified atom stereocenters. The molecule has 6 heteroatoms. The minimum atomic E-state index is -0.566. The average molecular weight is 451 g/mol. The highest BCUT2D eigenvalue weighted by Crippen LogP contribution is 2.24. The third-order valence-corrected chi connectivity index (χ3v) is 6.97. The van der Waals surface area contributed by atoms with Gasteiger partial charge in [-0.2, -0.15) is 0 Å². The summed E-state index contributed by atoms with van der Waals surface area (Å²) in [6.07, 6.45) is 16.9. The highest BCUT2D eigenvalue weighted by atomic mass is 19.1. The fraction of sp³-hybridized carbons (Fsp3) is 0.731. The number of nitrogens with one attached hydrogen (secondary N) is 2. The maximum absolute atomic E-state index is 13.8. The van der Waals surface area contributed by atoms with E-state index in [0.717, 1.165) is 38.5 Å². The van der Waals surface area contributed by atoms with Gasteiger partial charge < -0.3 is 15.4 Å². The lowest BCUT2D eigenvalue weighted by atomic mass is 9.93. The van der Waals surface area contributed by atoms with Gasteiger partial charge in [-0.3, -0.25) is 0 Å². The number of urea groups is 1. The van der Waals surface area contributed by atoms with Crippen LogP contribution < -0.4 is 10.6 Å². The first-order valence-electron chi connectivity index (χ1n) is 12.7. The molecule has 0 aromatic heterocycles. The van der Waals surface area contributed by atoms with Gasteiger partial charge in [-0.25, -0.2) is 13.6 Å². The minimum Gasteiger partial charge on any atom is -0.373 e. The van der Waals surface area contributed by atoms with Crippen LogP contribution in [0.5, 0.6) is 0 Å². The topological polar surface area (TPSA) is 50.4 Å². The molecule has 1 aromatic rings. The third kappa shape index (κ3) is 8.68. The van der Waals surface area contributed by atoms with Crippen LogP contribution in [-0.2, 0) is 11.3 Å². The van der Waals surface area contributed by atoms with Gasteiger partial charge in [0.15, 0.2) is 0 Å². The van der Waals surface area contributed by atoms with Gasteiger partial charge in [-0.05, 0) is 50.7 Å². The smallest absolute Gasteiger partial charge is 0.315 e. The quantitative estimate of drug-likeness (QED) is 0.520. The van der Waals surface area contributed by atoms with Crippen molar-refractivity contribution in [3.05, 3.63) is 35.4 Å². The van der Waals surface area contributed by atoms with E-state index in [9.17, 15) is 13.6 Å². The zero-order chi connectivity index (χ0) is 22.6. The molecule has 2 N–H and O–H groups in total. The minimum absolute atomic E-state index is 0.0100. The van der Waals surface area contributed by atoms with Crippen molar-refractivity contribution in [3.63, 3.8) is 0 Å². The van der Waals surface area contributed by atoms with Crippen molar-refractivity contribution in [2.45, 2.75) is 121 Å². The second kappa shape index (κ2) is 13.8. The highest BCUT2D eigenvalue weighted by Gasteiger charge is 2.24. The van der Waals surface area contributed by atoms with Gasteiger partial charge in [0, 0.05) is 17.6 Å². The molecular formula is C26H40F2N2O2. The fourth-order valence-corrected chi connectivity index (χ4v) is 4.97. The summed E-state index contributed by atoms with van der Waals surface area (Å²) in [6.45, 7) is -0.0521. The maximum atomic E-state index is 13.8. The standard InChI is InChI=1S/C26H40F2N2O2/c27-24-13-10-14-25(28)23(24)19-32-22-17-15-21(16-18-22)30-26(31)29-20-11-8-6-4-2-1-3-5-7-9-12-20/h10,13-14,20-22H,1-9,11-12,15-19H2,(H2,29,30,31)/t21-,22-. The normalized spacial score (nSPS) is 24.2. The number of carbonyl (C=O) groups is 1. The van der Waals surface area contributed by atoms with Gasteiger partial charge in [-0.1, -0.05) is 63.9 Å². The van der Waals surface area contributed by atoms with E-state index in [2.05, 4.69) is 10.6 Å². The maximum Gasteiger partial charge on any atom is 0.315 e. The van der Waals surface area contributed by atoms with Crippen molar-refractivity contribution in [1.29, 1.82) is 0 Å². The van der Waals surface area contributed by atoms with E-state index in [4.69, 9.17) is 4.74 Å². The predicted molar refractivity (Wildman–Crippen MR) is 123 cm³/mol. The predicted octanol–water partition coefficient (Wildman–Crippen LogP) is 6.77. The summed E-state index contributed by atoms with van der Waals surface area (Å²) >= 11 is 0. The molecular weight excluding hydrogens is 410 g/mol. The van der Waals surface area contributed by atoms with Gasteiger partial charge >= 0.3 is 6.03 Å². The van der Waals surface area contributed by atoms with Crippen LogP contribution in [0.4, 0.5) is 13.6 Å². The molecule has 3 rings (SSSR count). The van der Waals surface area contributed by atoms with Crippen molar-refractivity contribution in [2.24, 2.45) is 0 Å². The van der Waals surface area contributed by atoms with E-state index in [-0.39, 0.29) is 36.4 Å². The first kappa shape index (κ1) is 24.9. The number of hydrogen-bond donors (Lipinski definition) is 2. The number of rotatable bonds is 5. The first-order chi connectivity index (χ1) is 15.6. The van der Waals surface area contributed by atoms with Crippen molar-refractivity contribution in [3.8, 4) is 0 Å². The van der Waals surface area contributed by atoms with Gasteiger partial charge in [0.1, 0.15) is 11.6 Å². The summed E-state index contributed by atoms with van der Waals surface area (Å²) < 4.78 is 33.3. The molecule has 2 amide bonds. The lowest BCUT2D eigenvalue weighted by Crippen LogP contribution is -2.47. The largest absolute Gasteiger partial charge is 0.373 e. The summed E-state index contributed by atoms with van der Waals surface area (Å²) in [4.78, 5) is 12.6. The summed E-state index contributed by atoms with van der Waals surface area (Å²) in [6, 6.07) is 4.21. The second-order valence-electron chi connectivity index (χ2n) is 9.56. The van der Waals surface area contributed by atoms with E-state index in [1.807, 2.05) is 0 Å². The van der Waals surface area contributed by atoms with Gasteiger partial charge in [0.05, 0.1) is 12.7 Å². The van der Waals surface area contributed by atoms with Crippen molar-refractivity contribution in [1.82, 2.24) is 10.6 Å². The van der Waals surface area contributed by atoms with Crippen LogP contribution in [-0.4, -0.2) is 24.2 Å². The summed E-state index contributed by atoms with van der Waals surface area (Å²) in [7, 11) is 0. The molecule has 0 heterocycles. The molecule has 32 heavy (non-hydrogen) atoms. The molecule has 2 fully saturated rings. The Bertz CT molecular complexity index is 660. The fourth-order valence-electron chi connectivity index (χ4n) is 4.97. The van der Waals surface area contributed by atoms with Crippen molar-refractivity contribution in [2.75, 3.05) is 0 Å². The van der Waals surface area contributed by atoms with Crippen molar-refractivity contribution >= 4 is 6.03 Å². The lowest BCUT2D eigenvalue weighted by Gasteiger charge is -2.30. The monoisotopic (exact) mass is 450 g/mol. The Morgan fingerprint density at radius 1 is 0.750 bits per heavy atom. The Morgan fingerprint density at radius 2 is 1.22 bits per heavy atom. The van der Waals surface area contributed by atoms with E-state index >= 15 is 0 Å². The molecule has 2 aliphatic rings. The highest BCUT2D eigenvalue weighted by molar-refractivity contribution is 5.74. The summed E-state index contributed by atoms with van der Waals surface area (Å²) in [5.41, 5.74) is -0.0100. The molecule has 0 bridgehead atoms. The van der Waals surface area contributed by atoms with E-state index in [1.54, 1.807) is 0 Å². The van der Waals surface area contributed by atoms with Gasteiger partial charge in [0.2, 0.25) is 0 Å². The Hall–Kier alpha value is -1.69. The SMILES string of the molecule is O=C(NC1CCCCCCCCCCC1)N[C@H]1CC[C@H](OCc2c(F)cccc2F)CC1. The molecule has 180 valence electrons. The zero-order valence-electron chi connectivity index (χ0n) is 19.4. The van der Waals surface area contributed by atoms with Crippen LogP contribution in [0.1, 0.15) is 102 Å². The summed E-state index contributed by atoms with van der Waals surface area (Å²) in [5, 5.41) is 6.36. The Kier molecular flexibility index (Phi) is 10.7. The number of amides is 2.